The van der Waals surface area contributed by atoms with Gasteiger partial charge in [-0.25, -0.2) is 0 Å². The van der Waals surface area contributed by atoms with E-state index in [4.69, 9.17) is 0 Å². The molecular formula is C10H15NS2. The van der Waals surface area contributed by atoms with Crippen LogP contribution in [-0.4, -0.2) is 12.3 Å². The van der Waals surface area contributed by atoms with Crippen molar-refractivity contribution >= 4 is 23.1 Å². The van der Waals surface area contributed by atoms with Crippen LogP contribution in [0.3, 0.4) is 0 Å². The molecule has 1 nitrogen and oxygen atoms in total. The molecule has 2 rings (SSSR count). The van der Waals surface area contributed by atoms with Crippen LogP contribution in [0.4, 0.5) is 0 Å². The van der Waals surface area contributed by atoms with E-state index in [0.29, 0.717) is 5.37 Å². The third-order valence-electron chi connectivity index (χ3n) is 2.22. The molecule has 0 bridgehead atoms. The molecule has 1 fully saturated rings. The van der Waals surface area contributed by atoms with Crippen LogP contribution in [0.15, 0.2) is 12.1 Å². The van der Waals surface area contributed by atoms with Crippen molar-refractivity contribution in [3.8, 4) is 0 Å². The van der Waals surface area contributed by atoms with Gasteiger partial charge in [0.15, 0.2) is 0 Å². The highest BCUT2D eigenvalue weighted by atomic mass is 32.2. The second-order valence-corrected chi connectivity index (χ2v) is 5.63. The van der Waals surface area contributed by atoms with E-state index in [-0.39, 0.29) is 0 Å². The van der Waals surface area contributed by atoms with E-state index in [2.05, 4.69) is 24.4 Å². The summed E-state index contributed by atoms with van der Waals surface area (Å²) in [4.78, 5) is 3.00. The first-order valence-electron chi connectivity index (χ1n) is 4.83. The van der Waals surface area contributed by atoms with Gasteiger partial charge in [0.25, 0.3) is 0 Å². The van der Waals surface area contributed by atoms with Gasteiger partial charge in [-0.05, 0) is 37.3 Å². The van der Waals surface area contributed by atoms with Gasteiger partial charge in [0.1, 0.15) is 0 Å². The van der Waals surface area contributed by atoms with Crippen LogP contribution < -0.4 is 5.32 Å². The summed E-state index contributed by atoms with van der Waals surface area (Å²) < 4.78 is 0. The second kappa shape index (κ2) is 4.49. The predicted molar refractivity (Wildman–Crippen MR) is 61.5 cm³/mol. The first kappa shape index (κ1) is 9.56. The summed E-state index contributed by atoms with van der Waals surface area (Å²) in [6.45, 7) is 3.40. The summed E-state index contributed by atoms with van der Waals surface area (Å²) in [5.41, 5.74) is 0. The van der Waals surface area contributed by atoms with Crippen molar-refractivity contribution in [3.63, 3.8) is 0 Å². The molecule has 1 unspecified atom stereocenters. The fourth-order valence-electron chi connectivity index (χ4n) is 1.47. The highest BCUT2D eigenvalue weighted by Crippen LogP contribution is 2.33. The van der Waals surface area contributed by atoms with Crippen molar-refractivity contribution in [3.05, 3.63) is 21.9 Å². The highest BCUT2D eigenvalue weighted by molar-refractivity contribution is 7.99. The molecule has 1 aliphatic rings. The molecule has 0 spiro atoms. The average molecular weight is 213 g/mol. The van der Waals surface area contributed by atoms with Crippen LogP contribution in [0.2, 0.25) is 0 Å². The van der Waals surface area contributed by atoms with E-state index >= 15 is 0 Å². The van der Waals surface area contributed by atoms with Crippen LogP contribution in [-0.2, 0) is 6.42 Å². The lowest BCUT2D eigenvalue weighted by Crippen LogP contribution is -2.24. The minimum Gasteiger partial charge on any atom is -0.301 e. The maximum atomic E-state index is 3.55. The van der Waals surface area contributed by atoms with Crippen molar-refractivity contribution in [1.29, 1.82) is 0 Å². The largest absolute Gasteiger partial charge is 0.301 e. The van der Waals surface area contributed by atoms with Crippen LogP contribution in [0.5, 0.6) is 0 Å². The number of hydrogen-bond acceptors (Lipinski definition) is 3. The number of hydrogen-bond donors (Lipinski definition) is 1. The van der Waals surface area contributed by atoms with Gasteiger partial charge >= 0.3 is 0 Å². The minimum absolute atomic E-state index is 0.569. The third kappa shape index (κ3) is 2.27. The Morgan fingerprint density at radius 1 is 1.54 bits per heavy atom. The topological polar surface area (TPSA) is 12.0 Å². The van der Waals surface area contributed by atoms with Crippen LogP contribution in [0.25, 0.3) is 0 Å². The molecule has 0 aliphatic carbocycles. The Balaban J connectivity index is 2.05. The average Bonchev–Trinajstić information content (AvgIpc) is 2.67. The summed E-state index contributed by atoms with van der Waals surface area (Å²) in [5, 5.41) is 4.11. The summed E-state index contributed by atoms with van der Waals surface area (Å²) in [6, 6.07) is 4.54. The fourth-order valence-corrected chi connectivity index (χ4v) is 3.76. The van der Waals surface area contributed by atoms with E-state index in [1.165, 1.54) is 34.9 Å². The SMILES string of the molecule is CCc1ccc(C2NCCCS2)s1. The minimum atomic E-state index is 0.569. The summed E-state index contributed by atoms with van der Waals surface area (Å²) in [5.74, 6) is 1.30. The maximum Gasteiger partial charge on any atom is 0.0882 e. The Bertz CT molecular complexity index is 264. The quantitative estimate of drug-likeness (QED) is 0.810. The molecule has 1 N–H and O–H groups in total. The normalized spacial score (nSPS) is 23.3. The van der Waals surface area contributed by atoms with Gasteiger partial charge in [-0.1, -0.05) is 6.92 Å². The Morgan fingerprint density at radius 2 is 2.46 bits per heavy atom. The molecule has 0 aromatic carbocycles. The van der Waals surface area contributed by atoms with E-state index in [9.17, 15) is 0 Å². The lowest BCUT2D eigenvalue weighted by Gasteiger charge is -2.21. The zero-order valence-electron chi connectivity index (χ0n) is 7.88. The Morgan fingerprint density at radius 3 is 3.08 bits per heavy atom. The van der Waals surface area contributed by atoms with Crippen molar-refractivity contribution in [2.24, 2.45) is 0 Å². The molecule has 0 amide bonds. The molecule has 72 valence electrons. The van der Waals surface area contributed by atoms with E-state index in [1.807, 2.05) is 23.1 Å². The molecule has 0 radical (unpaired) electrons. The zero-order valence-corrected chi connectivity index (χ0v) is 9.51. The van der Waals surface area contributed by atoms with Gasteiger partial charge in [-0.2, -0.15) is 0 Å². The standard InChI is InChI=1S/C10H15NS2/c1-2-8-4-5-9(13-8)10-11-6-3-7-12-10/h4-5,10-11H,2-3,6-7H2,1H3. The van der Waals surface area contributed by atoms with E-state index in [0.717, 1.165) is 0 Å². The van der Waals surface area contributed by atoms with Crippen LogP contribution >= 0.6 is 23.1 Å². The molecule has 2 heterocycles. The lowest BCUT2D eigenvalue weighted by atomic mass is 10.3. The van der Waals surface area contributed by atoms with Crippen LogP contribution in [0, 0.1) is 0 Å². The number of thioether (sulfide) groups is 1. The van der Waals surface area contributed by atoms with Crippen molar-refractivity contribution in [2.45, 2.75) is 25.1 Å². The molecular weight excluding hydrogens is 198 g/mol. The lowest BCUT2D eigenvalue weighted by molar-refractivity contribution is 0.649. The molecule has 3 heteroatoms. The monoisotopic (exact) mass is 213 g/mol. The summed E-state index contributed by atoms with van der Waals surface area (Å²) >= 11 is 4.00. The summed E-state index contributed by atoms with van der Waals surface area (Å²) in [7, 11) is 0. The molecule has 13 heavy (non-hydrogen) atoms. The van der Waals surface area contributed by atoms with Crippen LogP contribution in [0.1, 0.15) is 28.5 Å². The first-order valence-corrected chi connectivity index (χ1v) is 6.70. The number of aryl methyl sites for hydroxylation is 1. The maximum absolute atomic E-state index is 3.55. The van der Waals surface area contributed by atoms with E-state index in [1.54, 1.807) is 0 Å². The van der Waals surface area contributed by atoms with Gasteiger partial charge in [-0.3, -0.25) is 0 Å². The summed E-state index contributed by atoms with van der Waals surface area (Å²) in [6.07, 6.45) is 2.48. The smallest absolute Gasteiger partial charge is 0.0882 e. The van der Waals surface area contributed by atoms with Gasteiger partial charge in [0.05, 0.1) is 5.37 Å². The second-order valence-electron chi connectivity index (χ2n) is 3.22. The predicted octanol–water partition coefficient (Wildman–Crippen LogP) is 3.04. The van der Waals surface area contributed by atoms with Gasteiger partial charge in [-0.15, -0.1) is 23.1 Å². The first-order chi connectivity index (χ1) is 6.40. The van der Waals surface area contributed by atoms with Gasteiger partial charge < -0.3 is 5.32 Å². The zero-order chi connectivity index (χ0) is 9.10. The van der Waals surface area contributed by atoms with Crippen molar-refractivity contribution < 1.29 is 0 Å². The number of thiophene rings is 1. The van der Waals surface area contributed by atoms with Gasteiger partial charge in [0, 0.05) is 9.75 Å². The van der Waals surface area contributed by atoms with Crippen molar-refractivity contribution in [2.75, 3.05) is 12.3 Å². The van der Waals surface area contributed by atoms with Gasteiger partial charge in [0.2, 0.25) is 0 Å². The molecule has 0 saturated carbocycles. The van der Waals surface area contributed by atoms with Crippen molar-refractivity contribution in [1.82, 2.24) is 5.32 Å². The van der Waals surface area contributed by atoms with E-state index < -0.39 is 0 Å². The number of rotatable bonds is 2. The Kier molecular flexibility index (Phi) is 3.30. The molecule has 1 aromatic rings. The third-order valence-corrected chi connectivity index (χ3v) is 4.95. The molecule has 1 aromatic heterocycles. The fraction of sp³-hybridized carbons (Fsp3) is 0.600. The number of nitrogens with one attached hydrogen (secondary N) is 1. The Hall–Kier alpha value is 0.01000. The molecule has 1 saturated heterocycles. The molecule has 1 atom stereocenters. The molecule has 1 aliphatic heterocycles. The highest BCUT2D eigenvalue weighted by Gasteiger charge is 2.16. The Labute approximate surface area is 87.9 Å².